The molecule has 1 saturated carbocycles. The monoisotopic (exact) mass is 195 g/mol. The predicted molar refractivity (Wildman–Crippen MR) is 52.9 cm³/mol. The highest BCUT2D eigenvalue weighted by atomic mass is 16.5. The molecule has 0 radical (unpaired) electrons. The second-order valence-electron chi connectivity index (χ2n) is 4.07. The van der Waals surface area contributed by atoms with Gasteiger partial charge in [0.25, 0.3) is 0 Å². The van der Waals surface area contributed by atoms with E-state index in [0.29, 0.717) is 12.0 Å². The molecule has 1 aliphatic carbocycles. The van der Waals surface area contributed by atoms with E-state index in [-0.39, 0.29) is 0 Å². The third kappa shape index (κ3) is 1.95. The molecule has 0 saturated heterocycles. The van der Waals surface area contributed by atoms with Crippen molar-refractivity contribution >= 4 is 0 Å². The Kier molecular flexibility index (Phi) is 2.82. The fraction of sp³-hybridized carbons (Fsp3) is 0.800. The van der Waals surface area contributed by atoms with Crippen LogP contribution in [0.4, 0.5) is 0 Å². The van der Waals surface area contributed by atoms with Gasteiger partial charge in [-0.2, -0.15) is 4.98 Å². The molecule has 4 nitrogen and oxygen atoms in total. The van der Waals surface area contributed by atoms with Gasteiger partial charge in [0.2, 0.25) is 5.89 Å². The molecule has 1 aromatic rings. The quantitative estimate of drug-likeness (QED) is 0.795. The minimum absolute atomic E-state index is 0.321. The van der Waals surface area contributed by atoms with E-state index in [1.807, 2.05) is 0 Å². The molecule has 2 unspecified atom stereocenters. The van der Waals surface area contributed by atoms with E-state index >= 15 is 0 Å². The fourth-order valence-corrected chi connectivity index (χ4v) is 2.00. The molecule has 1 fully saturated rings. The summed E-state index contributed by atoms with van der Waals surface area (Å²) in [6, 6.07) is 0.321. The van der Waals surface area contributed by atoms with Gasteiger partial charge in [-0.05, 0) is 25.7 Å². The topological polar surface area (TPSA) is 64.9 Å². The maximum atomic E-state index is 5.84. The van der Waals surface area contributed by atoms with Gasteiger partial charge in [0.1, 0.15) is 0 Å². The number of hydrogen-bond acceptors (Lipinski definition) is 4. The summed E-state index contributed by atoms with van der Waals surface area (Å²) in [6.45, 7) is 2.11. The number of nitrogens with zero attached hydrogens (tertiary/aromatic N) is 2. The third-order valence-electron chi connectivity index (χ3n) is 2.78. The molecule has 0 aromatic carbocycles. The van der Waals surface area contributed by atoms with Crippen LogP contribution in [0, 0.1) is 0 Å². The van der Waals surface area contributed by atoms with Crippen LogP contribution in [0.15, 0.2) is 4.52 Å². The zero-order chi connectivity index (χ0) is 9.97. The largest absolute Gasteiger partial charge is 0.339 e. The van der Waals surface area contributed by atoms with E-state index in [9.17, 15) is 0 Å². The summed E-state index contributed by atoms with van der Waals surface area (Å²) in [6.07, 6.45) is 5.13. The average Bonchev–Trinajstić information content (AvgIpc) is 2.74. The van der Waals surface area contributed by atoms with Crippen LogP contribution in [0.3, 0.4) is 0 Å². The minimum atomic E-state index is 0.321. The molecule has 1 aromatic heterocycles. The Morgan fingerprint density at radius 2 is 2.36 bits per heavy atom. The molecule has 0 aliphatic heterocycles. The Bertz CT molecular complexity index is 297. The maximum absolute atomic E-state index is 5.84. The lowest BCUT2D eigenvalue weighted by atomic mass is 10.1. The van der Waals surface area contributed by atoms with Crippen LogP contribution >= 0.6 is 0 Å². The highest BCUT2D eigenvalue weighted by Gasteiger charge is 2.27. The van der Waals surface area contributed by atoms with Crippen LogP contribution in [0.5, 0.6) is 0 Å². The molecular formula is C10H17N3O. The van der Waals surface area contributed by atoms with E-state index in [1.165, 1.54) is 0 Å². The third-order valence-corrected chi connectivity index (χ3v) is 2.78. The first kappa shape index (κ1) is 9.65. The highest BCUT2D eigenvalue weighted by molar-refractivity contribution is 4.99. The molecule has 1 heterocycles. The number of nitrogens with two attached hydrogens (primary N) is 1. The molecule has 2 atom stereocenters. The lowest BCUT2D eigenvalue weighted by Gasteiger charge is -2.01. The number of hydrogen-bond donors (Lipinski definition) is 1. The summed E-state index contributed by atoms with van der Waals surface area (Å²) >= 11 is 0. The zero-order valence-electron chi connectivity index (χ0n) is 8.57. The molecule has 78 valence electrons. The van der Waals surface area contributed by atoms with E-state index in [1.54, 1.807) is 0 Å². The Morgan fingerprint density at radius 1 is 1.50 bits per heavy atom. The van der Waals surface area contributed by atoms with Gasteiger partial charge in [-0.3, -0.25) is 0 Å². The van der Waals surface area contributed by atoms with Crippen molar-refractivity contribution in [2.75, 3.05) is 0 Å². The Labute approximate surface area is 83.9 Å². The van der Waals surface area contributed by atoms with Crippen molar-refractivity contribution < 1.29 is 4.52 Å². The summed E-state index contributed by atoms with van der Waals surface area (Å²) in [4.78, 5) is 4.38. The van der Waals surface area contributed by atoms with Crippen molar-refractivity contribution in [2.45, 2.75) is 51.0 Å². The van der Waals surface area contributed by atoms with E-state index in [2.05, 4.69) is 17.1 Å². The molecule has 0 amide bonds. The summed E-state index contributed by atoms with van der Waals surface area (Å²) in [5.41, 5.74) is 5.84. The lowest BCUT2D eigenvalue weighted by molar-refractivity contribution is 0.349. The smallest absolute Gasteiger partial charge is 0.229 e. The van der Waals surface area contributed by atoms with Gasteiger partial charge >= 0.3 is 0 Å². The number of aryl methyl sites for hydroxylation is 1. The second kappa shape index (κ2) is 4.09. The Morgan fingerprint density at radius 3 is 3.00 bits per heavy atom. The van der Waals surface area contributed by atoms with Gasteiger partial charge < -0.3 is 10.3 Å². The van der Waals surface area contributed by atoms with Crippen molar-refractivity contribution in [3.8, 4) is 0 Å². The van der Waals surface area contributed by atoms with Crippen LogP contribution in [-0.4, -0.2) is 16.2 Å². The molecule has 4 heteroatoms. The van der Waals surface area contributed by atoms with E-state index < -0.39 is 0 Å². The normalized spacial score (nSPS) is 27.0. The first-order valence-corrected chi connectivity index (χ1v) is 5.37. The second-order valence-corrected chi connectivity index (χ2v) is 4.07. The molecule has 2 rings (SSSR count). The molecular weight excluding hydrogens is 178 g/mol. The molecule has 0 spiro atoms. The van der Waals surface area contributed by atoms with Crippen molar-refractivity contribution in [1.29, 1.82) is 0 Å². The van der Waals surface area contributed by atoms with Gasteiger partial charge in [-0.1, -0.05) is 12.1 Å². The van der Waals surface area contributed by atoms with Crippen LogP contribution in [0.2, 0.25) is 0 Å². The van der Waals surface area contributed by atoms with E-state index in [4.69, 9.17) is 10.3 Å². The summed E-state index contributed by atoms with van der Waals surface area (Å²) < 4.78 is 5.23. The van der Waals surface area contributed by atoms with Crippen LogP contribution in [0.25, 0.3) is 0 Å². The Hall–Kier alpha value is -0.900. The molecule has 1 aliphatic rings. The van der Waals surface area contributed by atoms with Crippen LogP contribution in [-0.2, 0) is 6.42 Å². The minimum Gasteiger partial charge on any atom is -0.339 e. The average molecular weight is 195 g/mol. The van der Waals surface area contributed by atoms with E-state index in [0.717, 1.165) is 43.8 Å². The molecule has 0 bridgehead atoms. The van der Waals surface area contributed by atoms with Crippen LogP contribution in [0.1, 0.15) is 50.2 Å². The van der Waals surface area contributed by atoms with Crippen LogP contribution < -0.4 is 5.73 Å². The predicted octanol–water partition coefficient (Wildman–Crippen LogP) is 1.62. The summed E-state index contributed by atoms with van der Waals surface area (Å²) in [7, 11) is 0. The van der Waals surface area contributed by atoms with Gasteiger partial charge in [-0.25, -0.2) is 0 Å². The maximum Gasteiger partial charge on any atom is 0.229 e. The van der Waals surface area contributed by atoms with Gasteiger partial charge in [0.15, 0.2) is 5.82 Å². The fourth-order valence-electron chi connectivity index (χ4n) is 2.00. The first-order chi connectivity index (χ1) is 6.79. The van der Waals surface area contributed by atoms with Crippen molar-refractivity contribution in [2.24, 2.45) is 5.73 Å². The van der Waals surface area contributed by atoms with Gasteiger partial charge in [-0.15, -0.1) is 0 Å². The first-order valence-electron chi connectivity index (χ1n) is 5.37. The summed E-state index contributed by atoms with van der Waals surface area (Å²) in [5.74, 6) is 2.03. The number of rotatable bonds is 3. The summed E-state index contributed by atoms with van der Waals surface area (Å²) in [5, 5.41) is 3.95. The number of aromatic nitrogens is 2. The molecule has 2 N–H and O–H groups in total. The highest BCUT2D eigenvalue weighted by Crippen LogP contribution is 2.32. The van der Waals surface area contributed by atoms with Gasteiger partial charge in [0, 0.05) is 18.4 Å². The van der Waals surface area contributed by atoms with Crippen molar-refractivity contribution in [1.82, 2.24) is 10.1 Å². The standard InChI is InChI=1S/C10H17N3O/c1-2-3-9-12-10(14-13-9)7-4-5-8(11)6-7/h7-8H,2-6,11H2,1H3. The van der Waals surface area contributed by atoms with Crippen molar-refractivity contribution in [3.63, 3.8) is 0 Å². The Balaban J connectivity index is 2.02. The van der Waals surface area contributed by atoms with Crippen molar-refractivity contribution in [3.05, 3.63) is 11.7 Å². The van der Waals surface area contributed by atoms with Gasteiger partial charge in [0.05, 0.1) is 0 Å². The molecule has 14 heavy (non-hydrogen) atoms. The lowest BCUT2D eigenvalue weighted by Crippen LogP contribution is -2.14. The zero-order valence-corrected chi connectivity index (χ0v) is 8.57. The SMILES string of the molecule is CCCc1noc(C2CCC(N)C2)n1.